The number of ether oxygens (including phenoxy) is 1. The summed E-state index contributed by atoms with van der Waals surface area (Å²) in [6, 6.07) is 0.128. The van der Waals surface area contributed by atoms with Crippen molar-refractivity contribution in [3.05, 3.63) is 27.7 Å². The molecule has 0 saturated heterocycles. The maximum atomic E-state index is 12.4. The fraction of sp³-hybridized carbons (Fsp3) is 0.250. The lowest BCUT2D eigenvalue weighted by atomic mass is 10.2. The van der Waals surface area contributed by atoms with Crippen LogP contribution >= 0.6 is 0 Å². The largest absolute Gasteiger partial charge is 0.573 e. The van der Waals surface area contributed by atoms with Crippen molar-refractivity contribution in [3.63, 3.8) is 0 Å². The van der Waals surface area contributed by atoms with E-state index >= 15 is 0 Å². The molecule has 1 heterocycles. The molecule has 1 aromatic heterocycles. The van der Waals surface area contributed by atoms with Gasteiger partial charge in [0.1, 0.15) is 11.3 Å². The van der Waals surface area contributed by atoms with Gasteiger partial charge in [-0.2, -0.15) is 0 Å². The average molecular weight is 273 g/mol. The van der Waals surface area contributed by atoms with E-state index in [2.05, 4.69) is 4.74 Å². The number of rotatable bonds is 3. The van der Waals surface area contributed by atoms with Gasteiger partial charge in [0.25, 0.3) is 12.0 Å². The highest BCUT2D eigenvalue weighted by molar-refractivity contribution is 5.92. The lowest BCUT2D eigenvalue weighted by Gasteiger charge is -2.13. The Morgan fingerprint density at radius 3 is 2.33 bits per heavy atom. The van der Waals surface area contributed by atoms with Gasteiger partial charge in [-0.15, -0.1) is 13.2 Å². The number of alkyl halides is 5. The number of nitrogens with one attached hydrogen (secondary N) is 1. The summed E-state index contributed by atoms with van der Waals surface area (Å²) < 4.78 is 63.9. The minimum atomic E-state index is -5.31. The predicted octanol–water partition coefficient (Wildman–Crippen LogP) is 1.91. The Morgan fingerprint density at radius 2 is 1.94 bits per heavy atom. The number of hydrogen-bond donors (Lipinski definition) is 2. The van der Waals surface area contributed by atoms with Crippen LogP contribution in [0.4, 0.5) is 22.0 Å². The number of carboxylic acids is 1. The van der Waals surface area contributed by atoms with Crippen LogP contribution in [0.3, 0.4) is 0 Å². The highest BCUT2D eigenvalue weighted by Crippen LogP contribution is 2.30. The van der Waals surface area contributed by atoms with Crippen LogP contribution in [0, 0.1) is 0 Å². The highest BCUT2D eigenvalue weighted by Gasteiger charge is 2.35. The monoisotopic (exact) mass is 273 g/mol. The van der Waals surface area contributed by atoms with Gasteiger partial charge in [-0.25, -0.2) is 13.6 Å². The van der Waals surface area contributed by atoms with Gasteiger partial charge in [-0.3, -0.25) is 4.79 Å². The molecular formula is C8H4F5NO4. The molecule has 0 fully saturated rings. The molecule has 5 nitrogen and oxygen atoms in total. The SMILES string of the molecule is O=C(O)c1c(OC(F)(F)F)cc(=O)[nH]c1C(F)F. The number of halogens is 5. The maximum Gasteiger partial charge on any atom is 0.573 e. The molecule has 18 heavy (non-hydrogen) atoms. The number of aromatic carboxylic acids is 1. The van der Waals surface area contributed by atoms with Gasteiger partial charge in [0, 0.05) is 6.07 Å². The number of hydrogen-bond acceptors (Lipinski definition) is 3. The molecule has 0 aromatic carbocycles. The molecule has 1 rings (SSSR count). The summed E-state index contributed by atoms with van der Waals surface area (Å²) in [6.07, 6.45) is -8.78. The van der Waals surface area contributed by atoms with Crippen LogP contribution in [0.1, 0.15) is 22.5 Å². The Balaban J connectivity index is 3.49. The van der Waals surface area contributed by atoms with E-state index in [1.165, 1.54) is 4.98 Å². The first-order chi connectivity index (χ1) is 8.11. The van der Waals surface area contributed by atoms with Crippen LogP contribution in [-0.4, -0.2) is 22.4 Å². The first kappa shape index (κ1) is 13.9. The van der Waals surface area contributed by atoms with Gasteiger partial charge in [0.2, 0.25) is 0 Å². The molecule has 10 heteroatoms. The summed E-state index contributed by atoms with van der Waals surface area (Å²) in [5, 5.41) is 8.58. The quantitative estimate of drug-likeness (QED) is 0.824. The van der Waals surface area contributed by atoms with Crippen molar-refractivity contribution in [2.75, 3.05) is 0 Å². The zero-order valence-electron chi connectivity index (χ0n) is 8.22. The van der Waals surface area contributed by atoms with Crippen molar-refractivity contribution in [2.45, 2.75) is 12.8 Å². The van der Waals surface area contributed by atoms with E-state index < -0.39 is 41.3 Å². The number of pyridine rings is 1. The molecule has 0 aliphatic heterocycles. The Morgan fingerprint density at radius 1 is 1.39 bits per heavy atom. The fourth-order valence-corrected chi connectivity index (χ4v) is 1.14. The number of H-pyrrole nitrogens is 1. The van der Waals surface area contributed by atoms with Crippen molar-refractivity contribution >= 4 is 5.97 Å². The van der Waals surface area contributed by atoms with Gasteiger partial charge in [0.15, 0.2) is 5.75 Å². The molecule has 0 bridgehead atoms. The molecular weight excluding hydrogens is 269 g/mol. The third kappa shape index (κ3) is 3.18. The van der Waals surface area contributed by atoms with E-state index in [0.717, 1.165) is 0 Å². The molecule has 0 amide bonds. The van der Waals surface area contributed by atoms with Crippen LogP contribution in [0.15, 0.2) is 10.9 Å². The molecule has 1 aromatic rings. The first-order valence-electron chi connectivity index (χ1n) is 4.16. The van der Waals surface area contributed by atoms with E-state index in [9.17, 15) is 31.5 Å². The average Bonchev–Trinajstić information content (AvgIpc) is 2.12. The molecule has 2 N–H and O–H groups in total. The molecule has 0 aliphatic carbocycles. The Labute approximate surface area is 94.8 Å². The summed E-state index contributed by atoms with van der Waals surface area (Å²) in [4.78, 5) is 22.9. The van der Waals surface area contributed by atoms with Crippen molar-refractivity contribution in [3.8, 4) is 5.75 Å². The second kappa shape index (κ2) is 4.63. The summed E-state index contributed by atoms with van der Waals surface area (Å²) in [6.45, 7) is 0. The van der Waals surface area contributed by atoms with Gasteiger partial charge >= 0.3 is 12.3 Å². The molecule has 0 spiro atoms. The van der Waals surface area contributed by atoms with E-state index in [-0.39, 0.29) is 6.07 Å². The third-order valence-corrected chi connectivity index (χ3v) is 1.69. The zero-order chi connectivity index (χ0) is 14.1. The third-order valence-electron chi connectivity index (χ3n) is 1.69. The summed E-state index contributed by atoms with van der Waals surface area (Å²) in [7, 11) is 0. The van der Waals surface area contributed by atoms with Crippen LogP contribution in [0.5, 0.6) is 5.75 Å². The minimum absolute atomic E-state index is 0.128. The molecule has 0 aliphatic rings. The normalized spacial score (nSPS) is 11.7. The van der Waals surface area contributed by atoms with Crippen LogP contribution in [0.25, 0.3) is 0 Å². The number of aromatic amines is 1. The predicted molar refractivity (Wildman–Crippen MR) is 45.7 cm³/mol. The summed E-state index contributed by atoms with van der Waals surface area (Å²) in [5.74, 6) is -3.57. The van der Waals surface area contributed by atoms with E-state index in [1.807, 2.05) is 0 Å². The summed E-state index contributed by atoms with van der Waals surface area (Å²) >= 11 is 0. The molecule has 0 radical (unpaired) electrons. The lowest BCUT2D eigenvalue weighted by molar-refractivity contribution is -0.274. The van der Waals surface area contributed by atoms with Crippen molar-refractivity contribution in [1.82, 2.24) is 4.98 Å². The minimum Gasteiger partial charge on any atom is -0.477 e. The van der Waals surface area contributed by atoms with Gasteiger partial charge < -0.3 is 14.8 Å². The standard InChI is InChI=1S/C8H4F5NO4/c9-6(10)5-4(7(16)17)2(1-3(15)14-5)18-8(11,12)13/h1,6H,(H,14,15)(H,16,17). The van der Waals surface area contributed by atoms with Crippen LogP contribution < -0.4 is 10.3 Å². The highest BCUT2D eigenvalue weighted by atomic mass is 19.4. The smallest absolute Gasteiger partial charge is 0.477 e. The first-order valence-corrected chi connectivity index (χ1v) is 4.16. The van der Waals surface area contributed by atoms with E-state index in [4.69, 9.17) is 5.11 Å². The molecule has 0 atom stereocenters. The fourth-order valence-electron chi connectivity index (χ4n) is 1.14. The van der Waals surface area contributed by atoms with Gasteiger partial charge in [0.05, 0.1) is 0 Å². The van der Waals surface area contributed by atoms with Crippen LogP contribution in [0.2, 0.25) is 0 Å². The lowest BCUT2D eigenvalue weighted by Crippen LogP contribution is -2.23. The Kier molecular flexibility index (Phi) is 3.58. The molecule has 0 saturated carbocycles. The van der Waals surface area contributed by atoms with Gasteiger partial charge in [-0.05, 0) is 0 Å². The Hall–Kier alpha value is -2.13. The molecule has 0 unspecified atom stereocenters. The van der Waals surface area contributed by atoms with E-state index in [1.54, 1.807) is 0 Å². The second-order valence-electron chi connectivity index (χ2n) is 2.94. The maximum absolute atomic E-state index is 12.4. The summed E-state index contributed by atoms with van der Waals surface area (Å²) in [5.41, 5.74) is -4.23. The topological polar surface area (TPSA) is 79.4 Å². The van der Waals surface area contributed by atoms with Crippen molar-refractivity contribution in [1.29, 1.82) is 0 Å². The van der Waals surface area contributed by atoms with Crippen molar-refractivity contribution in [2.24, 2.45) is 0 Å². The number of carbonyl (C=O) groups is 1. The Bertz CT molecular complexity index is 521. The van der Waals surface area contributed by atoms with Crippen LogP contribution in [-0.2, 0) is 0 Å². The van der Waals surface area contributed by atoms with Gasteiger partial charge in [-0.1, -0.05) is 0 Å². The van der Waals surface area contributed by atoms with Crippen molar-refractivity contribution < 1.29 is 36.6 Å². The van der Waals surface area contributed by atoms with E-state index in [0.29, 0.717) is 0 Å². The number of aromatic nitrogens is 1. The number of carboxylic acid groups (broad SMARTS) is 1. The molecule has 100 valence electrons. The second-order valence-corrected chi connectivity index (χ2v) is 2.94. The zero-order valence-corrected chi connectivity index (χ0v) is 8.22.